The van der Waals surface area contributed by atoms with Gasteiger partial charge in [-0.2, -0.15) is 5.10 Å². The van der Waals surface area contributed by atoms with E-state index in [2.05, 4.69) is 20.0 Å². The molecule has 0 aromatic carbocycles. The van der Waals surface area contributed by atoms with E-state index in [-0.39, 0.29) is 12.6 Å². The number of amides is 1. The first kappa shape index (κ1) is 17.0. The smallest absolute Gasteiger partial charge is 0.222 e. The minimum atomic E-state index is 0.233. The predicted molar refractivity (Wildman–Crippen MR) is 94.9 cm³/mol. The third-order valence-electron chi connectivity index (χ3n) is 6.57. The molecule has 3 aliphatic rings. The Balaban J connectivity index is 1.36. The van der Waals surface area contributed by atoms with Crippen molar-refractivity contribution in [1.82, 2.24) is 20.0 Å². The summed E-state index contributed by atoms with van der Waals surface area (Å²) in [5.74, 6) is 1.33. The van der Waals surface area contributed by atoms with Gasteiger partial charge in [-0.25, -0.2) is 0 Å². The van der Waals surface area contributed by atoms with Crippen molar-refractivity contribution in [3.8, 4) is 0 Å². The first-order chi connectivity index (χ1) is 12.3. The number of aromatic nitrogens is 2. The summed E-state index contributed by atoms with van der Waals surface area (Å²) in [6.45, 7) is 3.10. The van der Waals surface area contributed by atoms with Gasteiger partial charge < -0.3 is 10.0 Å². The number of likely N-dealkylation sites (tertiary alicyclic amines) is 1. The van der Waals surface area contributed by atoms with E-state index in [1.165, 1.54) is 31.2 Å². The van der Waals surface area contributed by atoms with Crippen LogP contribution in [0.25, 0.3) is 0 Å². The number of nitrogens with one attached hydrogen (secondary N) is 1. The van der Waals surface area contributed by atoms with Gasteiger partial charge in [-0.1, -0.05) is 6.42 Å². The number of nitrogens with zero attached hydrogens (tertiary/aromatic N) is 3. The molecule has 0 spiro atoms. The number of aliphatic hydroxyl groups excluding tert-OH is 1. The number of fused-ring (bicyclic) bond motifs is 4. The summed E-state index contributed by atoms with van der Waals surface area (Å²) in [5, 5.41) is 16.7. The predicted octanol–water partition coefficient (Wildman–Crippen LogP) is 1.43. The minimum Gasteiger partial charge on any atom is -0.395 e. The lowest BCUT2D eigenvalue weighted by molar-refractivity contribution is -0.142. The Kier molecular flexibility index (Phi) is 5.08. The second-order valence-electron chi connectivity index (χ2n) is 8.07. The second-order valence-corrected chi connectivity index (χ2v) is 8.07. The van der Waals surface area contributed by atoms with Crippen molar-refractivity contribution in [2.75, 3.05) is 26.2 Å². The van der Waals surface area contributed by atoms with E-state index >= 15 is 0 Å². The summed E-state index contributed by atoms with van der Waals surface area (Å²) in [4.78, 5) is 17.4. The molecule has 1 amide bonds. The molecule has 0 saturated carbocycles. The molecule has 6 heteroatoms. The van der Waals surface area contributed by atoms with Crippen LogP contribution in [0.3, 0.4) is 0 Å². The van der Waals surface area contributed by atoms with E-state index in [1.54, 1.807) is 0 Å². The van der Waals surface area contributed by atoms with E-state index in [4.69, 9.17) is 0 Å². The molecule has 4 atom stereocenters. The molecule has 1 aromatic heterocycles. The molecular weight excluding hydrogens is 316 g/mol. The molecule has 0 unspecified atom stereocenters. The van der Waals surface area contributed by atoms with Crippen LogP contribution in [0.5, 0.6) is 0 Å². The summed E-state index contributed by atoms with van der Waals surface area (Å²) in [7, 11) is 0. The Morgan fingerprint density at radius 3 is 3.00 bits per heavy atom. The molecule has 3 aliphatic heterocycles. The number of aliphatic hydroxyl groups is 1. The second kappa shape index (κ2) is 7.46. The summed E-state index contributed by atoms with van der Waals surface area (Å²) in [6.07, 6.45) is 11.1. The van der Waals surface area contributed by atoms with E-state index in [0.717, 1.165) is 32.5 Å². The number of H-pyrrole nitrogens is 1. The monoisotopic (exact) mass is 346 g/mol. The molecule has 1 aromatic rings. The molecule has 0 aliphatic carbocycles. The van der Waals surface area contributed by atoms with Crippen LogP contribution < -0.4 is 0 Å². The first-order valence-electron chi connectivity index (χ1n) is 9.88. The molecule has 3 saturated heterocycles. The SMILES string of the molecule is O=C(CCCc1cn[nH]c1)N1C[C@H]2C[C@@H](C1)[C@H](CO)N1CCCC[C@@H]21. The van der Waals surface area contributed by atoms with Crippen molar-refractivity contribution < 1.29 is 9.90 Å². The Bertz CT molecular complexity index is 562. The van der Waals surface area contributed by atoms with Gasteiger partial charge in [-0.05, 0) is 56.0 Å². The van der Waals surface area contributed by atoms with Gasteiger partial charge in [0.05, 0.1) is 12.8 Å². The largest absolute Gasteiger partial charge is 0.395 e. The Morgan fingerprint density at radius 2 is 2.20 bits per heavy atom. The van der Waals surface area contributed by atoms with Gasteiger partial charge in [0.15, 0.2) is 0 Å². The summed E-state index contributed by atoms with van der Waals surface area (Å²) in [5.41, 5.74) is 1.17. The Labute approximate surface area is 149 Å². The number of aryl methyl sites for hydroxylation is 1. The van der Waals surface area contributed by atoms with Gasteiger partial charge in [0, 0.05) is 37.8 Å². The van der Waals surface area contributed by atoms with E-state index < -0.39 is 0 Å². The van der Waals surface area contributed by atoms with Crippen LogP contribution in [0.4, 0.5) is 0 Å². The lowest BCUT2D eigenvalue weighted by Gasteiger charge is -2.56. The molecule has 138 valence electrons. The highest BCUT2D eigenvalue weighted by molar-refractivity contribution is 5.76. The maximum absolute atomic E-state index is 12.7. The van der Waals surface area contributed by atoms with Crippen molar-refractivity contribution in [3.63, 3.8) is 0 Å². The van der Waals surface area contributed by atoms with Crippen LogP contribution in [0.2, 0.25) is 0 Å². The zero-order valence-electron chi connectivity index (χ0n) is 14.9. The lowest BCUT2D eigenvalue weighted by atomic mass is 9.72. The van der Waals surface area contributed by atoms with Gasteiger partial charge in [0.1, 0.15) is 0 Å². The van der Waals surface area contributed by atoms with Crippen LogP contribution >= 0.6 is 0 Å². The maximum Gasteiger partial charge on any atom is 0.222 e. The average Bonchev–Trinajstić information content (AvgIpc) is 3.15. The van der Waals surface area contributed by atoms with Crippen molar-refractivity contribution >= 4 is 5.91 Å². The number of hydrogen-bond donors (Lipinski definition) is 2. The number of carbonyl (C=O) groups excluding carboxylic acids is 1. The zero-order chi connectivity index (χ0) is 17.2. The van der Waals surface area contributed by atoms with Crippen molar-refractivity contribution in [2.24, 2.45) is 11.8 Å². The molecule has 6 nitrogen and oxygen atoms in total. The van der Waals surface area contributed by atoms with Crippen LogP contribution in [0, 0.1) is 11.8 Å². The van der Waals surface area contributed by atoms with Crippen LogP contribution in [-0.4, -0.2) is 69.3 Å². The quantitative estimate of drug-likeness (QED) is 0.846. The minimum absolute atomic E-state index is 0.233. The van der Waals surface area contributed by atoms with E-state index in [9.17, 15) is 9.90 Å². The van der Waals surface area contributed by atoms with Gasteiger partial charge in [-0.3, -0.25) is 14.8 Å². The highest BCUT2D eigenvalue weighted by atomic mass is 16.3. The van der Waals surface area contributed by atoms with E-state index in [0.29, 0.717) is 30.2 Å². The van der Waals surface area contributed by atoms with Crippen LogP contribution in [0.15, 0.2) is 12.4 Å². The van der Waals surface area contributed by atoms with Crippen LogP contribution in [-0.2, 0) is 11.2 Å². The van der Waals surface area contributed by atoms with Gasteiger partial charge in [0.2, 0.25) is 5.91 Å². The summed E-state index contributed by atoms with van der Waals surface area (Å²) < 4.78 is 0. The Morgan fingerprint density at radius 1 is 1.32 bits per heavy atom. The molecular formula is C19H30N4O2. The standard InChI is InChI=1S/C19H30N4O2/c24-13-18-16-8-15(17-5-1-2-7-23(17)18)11-22(12-16)19(25)6-3-4-14-9-20-21-10-14/h9-10,15-18,24H,1-8,11-13H2,(H,20,21)/t15-,16+,17+,18+/m1/s1. The lowest BCUT2D eigenvalue weighted by Crippen LogP contribution is -2.65. The van der Waals surface area contributed by atoms with Gasteiger partial charge >= 0.3 is 0 Å². The van der Waals surface area contributed by atoms with Crippen molar-refractivity contribution in [3.05, 3.63) is 18.0 Å². The van der Waals surface area contributed by atoms with Crippen molar-refractivity contribution in [2.45, 2.75) is 57.0 Å². The number of carbonyl (C=O) groups is 1. The maximum atomic E-state index is 12.7. The zero-order valence-corrected chi connectivity index (χ0v) is 14.9. The highest BCUT2D eigenvalue weighted by Crippen LogP contribution is 2.41. The average molecular weight is 346 g/mol. The first-order valence-corrected chi connectivity index (χ1v) is 9.88. The molecule has 0 radical (unpaired) electrons. The molecule has 2 N–H and O–H groups in total. The van der Waals surface area contributed by atoms with Gasteiger partial charge in [0.25, 0.3) is 0 Å². The third-order valence-corrected chi connectivity index (χ3v) is 6.57. The summed E-state index contributed by atoms with van der Waals surface area (Å²) >= 11 is 0. The molecule has 4 rings (SSSR count). The van der Waals surface area contributed by atoms with Crippen molar-refractivity contribution in [1.29, 1.82) is 0 Å². The Hall–Kier alpha value is -1.40. The fourth-order valence-corrected chi connectivity index (χ4v) is 5.38. The highest BCUT2D eigenvalue weighted by Gasteiger charge is 2.47. The number of rotatable bonds is 5. The number of piperidine rings is 3. The topological polar surface area (TPSA) is 72.5 Å². The molecule has 3 fully saturated rings. The fourth-order valence-electron chi connectivity index (χ4n) is 5.38. The normalized spacial score (nSPS) is 32.4. The number of hydrogen-bond acceptors (Lipinski definition) is 4. The van der Waals surface area contributed by atoms with E-state index in [1.807, 2.05) is 12.4 Å². The fraction of sp³-hybridized carbons (Fsp3) is 0.789. The number of aromatic amines is 1. The third kappa shape index (κ3) is 3.47. The summed E-state index contributed by atoms with van der Waals surface area (Å²) in [6, 6.07) is 0.826. The molecule has 25 heavy (non-hydrogen) atoms. The molecule has 4 heterocycles. The molecule has 2 bridgehead atoms. The van der Waals surface area contributed by atoms with Gasteiger partial charge in [-0.15, -0.1) is 0 Å². The van der Waals surface area contributed by atoms with Crippen LogP contribution in [0.1, 0.15) is 44.1 Å².